The van der Waals surface area contributed by atoms with Crippen molar-refractivity contribution in [1.29, 1.82) is 0 Å². The van der Waals surface area contributed by atoms with Gasteiger partial charge in [-0.25, -0.2) is 9.37 Å². The highest BCUT2D eigenvalue weighted by Crippen LogP contribution is 2.51. The van der Waals surface area contributed by atoms with E-state index in [1.54, 1.807) is 0 Å². The Morgan fingerprint density at radius 2 is 2.33 bits per heavy atom. The minimum atomic E-state index is -0.986. The van der Waals surface area contributed by atoms with Crippen LogP contribution in [-0.4, -0.2) is 23.2 Å². The average molecular weight is 211 g/mol. The van der Waals surface area contributed by atoms with Crippen LogP contribution in [0.4, 0.5) is 4.39 Å². The Kier molecular flexibility index (Phi) is 2.10. The van der Waals surface area contributed by atoms with Gasteiger partial charge in [-0.05, 0) is 18.9 Å². The van der Waals surface area contributed by atoms with Crippen molar-refractivity contribution in [3.63, 3.8) is 0 Å². The lowest BCUT2D eigenvalue weighted by Crippen LogP contribution is -2.21. The predicted octanol–water partition coefficient (Wildman–Crippen LogP) is 1.35. The van der Waals surface area contributed by atoms with Crippen LogP contribution in [-0.2, 0) is 10.2 Å². The number of pyridine rings is 1. The normalized spacial score (nSPS) is 17.2. The van der Waals surface area contributed by atoms with E-state index in [1.165, 1.54) is 13.2 Å². The van der Waals surface area contributed by atoms with Gasteiger partial charge in [-0.1, -0.05) is 0 Å². The van der Waals surface area contributed by atoms with Gasteiger partial charge >= 0.3 is 5.97 Å². The predicted molar refractivity (Wildman–Crippen MR) is 49.3 cm³/mol. The molecule has 1 saturated carbocycles. The molecule has 2 rings (SSSR count). The van der Waals surface area contributed by atoms with Crippen LogP contribution >= 0.6 is 0 Å². The first-order valence-electron chi connectivity index (χ1n) is 4.53. The average Bonchev–Trinajstić information content (AvgIpc) is 2.98. The number of methoxy groups -OCH3 is 1. The van der Waals surface area contributed by atoms with Crippen LogP contribution in [0.15, 0.2) is 12.3 Å². The second kappa shape index (κ2) is 3.18. The summed E-state index contributed by atoms with van der Waals surface area (Å²) in [5.41, 5.74) is -0.655. The summed E-state index contributed by atoms with van der Waals surface area (Å²) in [6, 6.07) is 1.19. The summed E-state index contributed by atoms with van der Waals surface area (Å²) in [5, 5.41) is 9.06. The molecule has 80 valence electrons. The Labute approximate surface area is 85.7 Å². The quantitative estimate of drug-likeness (QED) is 0.819. The monoisotopic (exact) mass is 211 g/mol. The molecule has 1 aliphatic rings. The summed E-state index contributed by atoms with van der Waals surface area (Å²) >= 11 is 0. The van der Waals surface area contributed by atoms with Crippen LogP contribution in [0.5, 0.6) is 5.88 Å². The molecule has 0 aliphatic heterocycles. The van der Waals surface area contributed by atoms with Crippen molar-refractivity contribution in [1.82, 2.24) is 4.98 Å². The van der Waals surface area contributed by atoms with Crippen LogP contribution in [0.25, 0.3) is 0 Å². The van der Waals surface area contributed by atoms with Crippen molar-refractivity contribution < 1.29 is 19.0 Å². The number of ether oxygens (including phenoxy) is 1. The number of hydrogen-bond acceptors (Lipinski definition) is 3. The zero-order valence-corrected chi connectivity index (χ0v) is 8.16. The molecule has 15 heavy (non-hydrogen) atoms. The first kappa shape index (κ1) is 9.89. The van der Waals surface area contributed by atoms with Gasteiger partial charge in [0.2, 0.25) is 5.88 Å². The van der Waals surface area contributed by atoms with Crippen molar-refractivity contribution in [3.05, 3.63) is 23.6 Å². The summed E-state index contributed by atoms with van der Waals surface area (Å²) in [5.74, 6) is -1.30. The van der Waals surface area contributed by atoms with E-state index in [1.807, 2.05) is 0 Å². The zero-order valence-electron chi connectivity index (χ0n) is 8.16. The smallest absolute Gasteiger partial charge is 0.314 e. The molecule has 1 heterocycles. The number of halogens is 1. The van der Waals surface area contributed by atoms with Crippen molar-refractivity contribution in [2.45, 2.75) is 18.3 Å². The maximum absolute atomic E-state index is 13.0. The molecule has 1 fully saturated rings. The lowest BCUT2D eigenvalue weighted by molar-refractivity contribution is -0.140. The molecule has 0 atom stereocenters. The van der Waals surface area contributed by atoms with E-state index in [4.69, 9.17) is 9.84 Å². The van der Waals surface area contributed by atoms with Crippen molar-refractivity contribution in [2.24, 2.45) is 0 Å². The Hall–Kier alpha value is -1.65. The molecule has 1 aromatic rings. The highest BCUT2D eigenvalue weighted by Gasteiger charge is 2.54. The molecular formula is C10H10FNO3. The number of aromatic nitrogens is 1. The van der Waals surface area contributed by atoms with E-state index in [-0.39, 0.29) is 5.88 Å². The number of rotatable bonds is 3. The summed E-state index contributed by atoms with van der Waals surface area (Å²) in [7, 11) is 1.39. The standard InChI is InChI=1S/C10H10FNO3/c1-15-8-7(4-6(11)5-12-8)10(2-3-10)9(13)14/h4-5H,2-3H2,1H3,(H,13,14). The van der Waals surface area contributed by atoms with Crippen LogP contribution < -0.4 is 4.74 Å². The van der Waals surface area contributed by atoms with E-state index in [0.29, 0.717) is 18.4 Å². The van der Waals surface area contributed by atoms with Gasteiger partial charge in [0.05, 0.1) is 18.7 Å². The molecule has 1 N–H and O–H groups in total. The number of hydrogen-bond donors (Lipinski definition) is 1. The molecule has 5 heteroatoms. The molecule has 0 aromatic carbocycles. The Balaban J connectivity index is 2.51. The van der Waals surface area contributed by atoms with E-state index in [2.05, 4.69) is 4.98 Å². The van der Waals surface area contributed by atoms with Crippen molar-refractivity contribution in [2.75, 3.05) is 7.11 Å². The molecule has 0 radical (unpaired) electrons. The lowest BCUT2D eigenvalue weighted by Gasteiger charge is -2.13. The van der Waals surface area contributed by atoms with E-state index in [9.17, 15) is 9.18 Å². The number of carbonyl (C=O) groups is 1. The molecule has 1 aromatic heterocycles. The summed E-state index contributed by atoms with van der Waals surface area (Å²) in [6.45, 7) is 0. The summed E-state index contributed by atoms with van der Waals surface area (Å²) in [4.78, 5) is 14.8. The first-order valence-corrected chi connectivity index (χ1v) is 4.53. The second-order valence-electron chi connectivity index (χ2n) is 3.60. The summed E-state index contributed by atoms with van der Waals surface area (Å²) in [6.07, 6.45) is 2.02. The third-order valence-electron chi connectivity index (χ3n) is 2.69. The fraction of sp³-hybridized carbons (Fsp3) is 0.400. The zero-order chi connectivity index (χ0) is 11.1. The maximum atomic E-state index is 13.0. The number of nitrogens with zero attached hydrogens (tertiary/aromatic N) is 1. The largest absolute Gasteiger partial charge is 0.481 e. The highest BCUT2D eigenvalue weighted by molar-refractivity contribution is 5.85. The number of carboxylic acids is 1. The van der Waals surface area contributed by atoms with Gasteiger partial charge in [0.15, 0.2) is 0 Å². The molecule has 0 bridgehead atoms. The van der Waals surface area contributed by atoms with Crippen LogP contribution in [0.1, 0.15) is 18.4 Å². The van der Waals surface area contributed by atoms with Gasteiger partial charge in [0, 0.05) is 5.56 Å². The van der Waals surface area contributed by atoms with E-state index < -0.39 is 17.2 Å². The third kappa shape index (κ3) is 1.44. The lowest BCUT2D eigenvalue weighted by atomic mass is 9.97. The molecule has 0 amide bonds. The third-order valence-corrected chi connectivity index (χ3v) is 2.69. The fourth-order valence-electron chi connectivity index (χ4n) is 1.66. The van der Waals surface area contributed by atoms with Crippen LogP contribution in [0.2, 0.25) is 0 Å². The molecule has 0 saturated heterocycles. The molecule has 4 nitrogen and oxygen atoms in total. The SMILES string of the molecule is COc1ncc(F)cc1C1(C(=O)O)CC1. The van der Waals surface area contributed by atoms with Gasteiger partial charge < -0.3 is 9.84 Å². The first-order chi connectivity index (χ1) is 7.10. The Morgan fingerprint density at radius 1 is 1.67 bits per heavy atom. The molecule has 1 aliphatic carbocycles. The van der Waals surface area contributed by atoms with Gasteiger partial charge in [0.1, 0.15) is 5.82 Å². The van der Waals surface area contributed by atoms with Crippen molar-refractivity contribution in [3.8, 4) is 5.88 Å². The molecule has 0 spiro atoms. The molecule has 0 unspecified atom stereocenters. The fourth-order valence-corrected chi connectivity index (χ4v) is 1.66. The minimum absolute atomic E-state index is 0.191. The number of aliphatic carboxylic acids is 1. The van der Waals surface area contributed by atoms with E-state index in [0.717, 1.165) is 6.20 Å². The van der Waals surface area contributed by atoms with Crippen LogP contribution in [0, 0.1) is 5.82 Å². The maximum Gasteiger partial charge on any atom is 0.314 e. The number of carboxylic acid groups (broad SMARTS) is 1. The molecular weight excluding hydrogens is 201 g/mol. The van der Waals surface area contributed by atoms with Crippen molar-refractivity contribution >= 4 is 5.97 Å². The van der Waals surface area contributed by atoms with Crippen LogP contribution in [0.3, 0.4) is 0 Å². The summed E-state index contributed by atoms with van der Waals surface area (Å²) < 4.78 is 17.9. The van der Waals surface area contributed by atoms with Gasteiger partial charge in [-0.3, -0.25) is 4.79 Å². The Bertz CT molecular complexity index is 415. The topological polar surface area (TPSA) is 59.4 Å². The van der Waals surface area contributed by atoms with E-state index >= 15 is 0 Å². The van der Waals surface area contributed by atoms with Gasteiger partial charge in [-0.2, -0.15) is 0 Å². The highest BCUT2D eigenvalue weighted by atomic mass is 19.1. The van der Waals surface area contributed by atoms with Gasteiger partial charge in [0.25, 0.3) is 0 Å². The van der Waals surface area contributed by atoms with Gasteiger partial charge in [-0.15, -0.1) is 0 Å². The second-order valence-corrected chi connectivity index (χ2v) is 3.60. The minimum Gasteiger partial charge on any atom is -0.481 e. The Morgan fingerprint density at radius 3 is 2.80 bits per heavy atom.